The molecule has 2 N–H and O–H groups in total. The van der Waals surface area contributed by atoms with E-state index in [2.05, 4.69) is 15.0 Å². The van der Waals surface area contributed by atoms with Crippen molar-refractivity contribution in [2.45, 2.75) is 10.8 Å². The molecule has 0 saturated heterocycles. The monoisotopic (exact) mass is 331 g/mol. The van der Waals surface area contributed by atoms with E-state index in [1.54, 1.807) is 23.3 Å². The van der Waals surface area contributed by atoms with E-state index in [1.807, 2.05) is 0 Å². The highest BCUT2D eigenvalue weighted by Gasteiger charge is 2.25. The molecule has 0 aliphatic carbocycles. The molecule has 0 aliphatic rings. The van der Waals surface area contributed by atoms with Gasteiger partial charge in [-0.05, 0) is 0 Å². The van der Waals surface area contributed by atoms with E-state index in [-0.39, 0.29) is 21.4 Å². The van der Waals surface area contributed by atoms with Crippen LogP contribution in [0.5, 0.6) is 0 Å². The van der Waals surface area contributed by atoms with Gasteiger partial charge in [0.05, 0.1) is 11.3 Å². The zero-order valence-electron chi connectivity index (χ0n) is 11.0. The highest BCUT2D eigenvalue weighted by molar-refractivity contribution is 7.91. The Hall–Kier alpha value is -1.98. The first-order chi connectivity index (χ1) is 9.94. The van der Waals surface area contributed by atoms with Gasteiger partial charge in [-0.3, -0.25) is 10.1 Å². The third kappa shape index (κ3) is 3.56. The van der Waals surface area contributed by atoms with Gasteiger partial charge >= 0.3 is 5.69 Å². The number of thiophene rings is 1. The Bertz CT molecular complexity index is 723. The first kappa shape index (κ1) is 15.4. The van der Waals surface area contributed by atoms with E-state index < -0.39 is 14.9 Å². The molecule has 0 radical (unpaired) electrons. The van der Waals surface area contributed by atoms with Crippen LogP contribution in [0.4, 0.5) is 10.7 Å². The summed E-state index contributed by atoms with van der Waals surface area (Å²) >= 11 is 0.820. The maximum absolute atomic E-state index is 12.1. The molecule has 2 rings (SSSR count). The van der Waals surface area contributed by atoms with Crippen LogP contribution < -0.4 is 10.0 Å². The molecule has 2 aromatic rings. The molecule has 0 fully saturated rings. The molecule has 9 nitrogen and oxygen atoms in total. The first-order valence-electron chi connectivity index (χ1n) is 5.85. The lowest BCUT2D eigenvalue weighted by atomic mass is 10.5. The molecule has 114 valence electrons. The number of nitrogens with one attached hydrogen (secondary N) is 2. The fourth-order valence-corrected chi connectivity index (χ4v) is 3.95. The number of nitrogens with zero attached hydrogens (tertiary/aromatic N) is 3. The lowest BCUT2D eigenvalue weighted by Gasteiger charge is -2.04. The number of hydrogen-bond donors (Lipinski definition) is 2. The average molecular weight is 331 g/mol. The SMILES string of the molecule is CNc1sc(S(=O)(=O)NCCn2ccnc2)cc1[N+](=O)[O-]. The van der Waals surface area contributed by atoms with Gasteiger partial charge in [-0.15, -0.1) is 0 Å². The standard InChI is InChI=1S/C10H13N5O4S2/c1-11-10-8(15(16)17)6-9(20-10)21(18,19)13-3-5-14-4-2-12-7-14/h2,4,6-7,11,13H,3,5H2,1H3. The fraction of sp³-hybridized carbons (Fsp3) is 0.300. The Morgan fingerprint density at radius 2 is 2.29 bits per heavy atom. The number of aromatic nitrogens is 2. The molecule has 0 saturated carbocycles. The fourth-order valence-electron chi connectivity index (χ4n) is 1.61. The van der Waals surface area contributed by atoms with Crippen molar-refractivity contribution in [1.82, 2.24) is 14.3 Å². The zero-order chi connectivity index (χ0) is 15.5. The summed E-state index contributed by atoms with van der Waals surface area (Å²) in [6.45, 7) is 0.588. The van der Waals surface area contributed by atoms with E-state index in [1.165, 1.54) is 7.05 Å². The van der Waals surface area contributed by atoms with E-state index in [0.29, 0.717) is 6.54 Å². The third-order valence-corrected chi connectivity index (χ3v) is 5.68. The minimum atomic E-state index is -3.77. The molecule has 0 aromatic carbocycles. The minimum Gasteiger partial charge on any atom is -0.374 e. The summed E-state index contributed by atoms with van der Waals surface area (Å²) in [4.78, 5) is 14.1. The summed E-state index contributed by atoms with van der Waals surface area (Å²) < 4.78 is 28.2. The molecule has 11 heteroatoms. The van der Waals surface area contributed by atoms with Crippen molar-refractivity contribution in [2.24, 2.45) is 0 Å². The maximum atomic E-state index is 12.1. The highest BCUT2D eigenvalue weighted by atomic mass is 32.2. The summed E-state index contributed by atoms with van der Waals surface area (Å²) in [6.07, 6.45) is 4.88. The molecular formula is C10H13N5O4S2. The average Bonchev–Trinajstić information content (AvgIpc) is 3.07. The van der Waals surface area contributed by atoms with Crippen LogP contribution in [0.2, 0.25) is 0 Å². The van der Waals surface area contributed by atoms with Gasteiger partial charge in [0.15, 0.2) is 5.00 Å². The third-order valence-electron chi connectivity index (χ3n) is 2.60. The summed E-state index contributed by atoms with van der Waals surface area (Å²) in [5.41, 5.74) is -0.252. The summed E-state index contributed by atoms with van der Waals surface area (Å²) in [5.74, 6) is 0. The Balaban J connectivity index is 2.10. The minimum absolute atomic E-state index is 0.0934. The molecule has 0 aliphatic heterocycles. The van der Waals surface area contributed by atoms with E-state index in [0.717, 1.165) is 17.4 Å². The molecule has 0 bridgehead atoms. The van der Waals surface area contributed by atoms with E-state index in [4.69, 9.17) is 0 Å². The van der Waals surface area contributed by atoms with Crippen LogP contribution in [0.1, 0.15) is 0 Å². The van der Waals surface area contributed by atoms with Crippen molar-refractivity contribution in [3.05, 3.63) is 34.9 Å². The Morgan fingerprint density at radius 3 is 2.81 bits per heavy atom. The second-order valence-electron chi connectivity index (χ2n) is 3.99. The van der Waals surface area contributed by atoms with Crippen molar-refractivity contribution in [2.75, 3.05) is 18.9 Å². The molecule has 2 aromatic heterocycles. The molecule has 2 heterocycles. The normalized spacial score (nSPS) is 11.5. The van der Waals surface area contributed by atoms with E-state index >= 15 is 0 Å². The van der Waals surface area contributed by atoms with Crippen molar-refractivity contribution in [3.8, 4) is 0 Å². The Kier molecular flexibility index (Phi) is 4.55. The van der Waals surface area contributed by atoms with Gasteiger partial charge in [-0.2, -0.15) is 0 Å². The van der Waals surface area contributed by atoms with Gasteiger partial charge in [0.1, 0.15) is 4.21 Å². The number of anilines is 1. The first-order valence-corrected chi connectivity index (χ1v) is 8.15. The predicted molar refractivity (Wildman–Crippen MR) is 77.9 cm³/mol. The quantitative estimate of drug-likeness (QED) is 0.574. The molecule has 0 spiro atoms. The number of rotatable bonds is 7. The van der Waals surface area contributed by atoms with Gasteiger partial charge in [0.2, 0.25) is 10.0 Å². The highest BCUT2D eigenvalue weighted by Crippen LogP contribution is 2.36. The van der Waals surface area contributed by atoms with E-state index in [9.17, 15) is 18.5 Å². The number of imidazole rings is 1. The lowest BCUT2D eigenvalue weighted by Crippen LogP contribution is -2.26. The van der Waals surface area contributed by atoms with Crippen LogP contribution in [0.15, 0.2) is 29.0 Å². The summed E-state index contributed by atoms with van der Waals surface area (Å²) in [7, 11) is -2.27. The van der Waals surface area contributed by atoms with Crippen LogP contribution in [-0.2, 0) is 16.6 Å². The van der Waals surface area contributed by atoms with Crippen LogP contribution >= 0.6 is 11.3 Å². The van der Waals surface area contributed by atoms with Crippen LogP contribution in [-0.4, -0.2) is 36.5 Å². The smallest absolute Gasteiger partial charge is 0.304 e. The molecular weight excluding hydrogens is 318 g/mol. The van der Waals surface area contributed by atoms with Gasteiger partial charge < -0.3 is 9.88 Å². The van der Waals surface area contributed by atoms with Crippen molar-refractivity contribution in [1.29, 1.82) is 0 Å². The van der Waals surface area contributed by atoms with Gasteiger partial charge in [0, 0.05) is 38.6 Å². The van der Waals surface area contributed by atoms with Crippen molar-refractivity contribution < 1.29 is 13.3 Å². The topological polar surface area (TPSA) is 119 Å². The number of nitro groups is 1. The second-order valence-corrected chi connectivity index (χ2v) is 7.03. The van der Waals surface area contributed by atoms with Gasteiger partial charge in [-0.1, -0.05) is 11.3 Å². The number of hydrogen-bond acceptors (Lipinski definition) is 7. The largest absolute Gasteiger partial charge is 0.374 e. The van der Waals surface area contributed by atoms with Gasteiger partial charge in [-0.25, -0.2) is 18.1 Å². The Morgan fingerprint density at radius 1 is 1.52 bits per heavy atom. The maximum Gasteiger partial charge on any atom is 0.304 e. The molecule has 0 atom stereocenters. The molecule has 0 amide bonds. The molecule has 21 heavy (non-hydrogen) atoms. The van der Waals surface area contributed by atoms with Crippen LogP contribution in [0.3, 0.4) is 0 Å². The molecule has 0 unspecified atom stereocenters. The Labute approximate surface area is 124 Å². The lowest BCUT2D eigenvalue weighted by molar-refractivity contribution is -0.383. The van der Waals surface area contributed by atoms with Gasteiger partial charge in [0.25, 0.3) is 0 Å². The van der Waals surface area contributed by atoms with Crippen molar-refractivity contribution >= 4 is 32.0 Å². The second kappa shape index (κ2) is 6.20. The predicted octanol–water partition coefficient (Wildman–Crippen LogP) is 0.873. The summed E-state index contributed by atoms with van der Waals surface area (Å²) in [6, 6.07) is 1.05. The zero-order valence-corrected chi connectivity index (χ0v) is 12.6. The summed E-state index contributed by atoms with van der Waals surface area (Å²) in [5, 5.41) is 13.7. The van der Waals surface area contributed by atoms with Crippen LogP contribution in [0, 0.1) is 10.1 Å². The van der Waals surface area contributed by atoms with Crippen LogP contribution in [0.25, 0.3) is 0 Å². The van der Waals surface area contributed by atoms with Crippen molar-refractivity contribution in [3.63, 3.8) is 0 Å². The number of sulfonamides is 1.